The van der Waals surface area contributed by atoms with Crippen molar-refractivity contribution < 1.29 is 18.9 Å². The van der Waals surface area contributed by atoms with E-state index in [1.54, 1.807) is 29.3 Å². The highest BCUT2D eigenvalue weighted by molar-refractivity contribution is 6.12. The summed E-state index contributed by atoms with van der Waals surface area (Å²) < 4.78 is 32.8. The first kappa shape index (κ1) is 16.8. The Morgan fingerprint density at radius 2 is 2.08 bits per heavy atom. The largest absolute Gasteiger partial charge is 0.490 e. The van der Waals surface area contributed by atoms with Crippen LogP contribution in [-0.4, -0.2) is 35.8 Å². The lowest BCUT2D eigenvalue weighted by Crippen LogP contribution is -2.41. The van der Waals surface area contributed by atoms with Crippen molar-refractivity contribution in [3.63, 3.8) is 0 Å². The van der Waals surface area contributed by atoms with Crippen LogP contribution < -0.4 is 20.8 Å². The van der Waals surface area contributed by atoms with Crippen molar-refractivity contribution in [3.05, 3.63) is 47.7 Å². The van der Waals surface area contributed by atoms with Gasteiger partial charge in [-0.25, -0.2) is 13.8 Å². The highest BCUT2D eigenvalue weighted by Crippen LogP contribution is 2.31. The maximum absolute atomic E-state index is 13.5. The van der Waals surface area contributed by atoms with Crippen LogP contribution in [0, 0.1) is 0 Å². The van der Waals surface area contributed by atoms with Gasteiger partial charge in [-0.1, -0.05) is 0 Å². The minimum Gasteiger partial charge on any atom is -0.490 e. The molecule has 1 aliphatic heterocycles. The van der Waals surface area contributed by atoms with Crippen molar-refractivity contribution in [3.8, 4) is 5.75 Å². The minimum atomic E-state index is -2.67. The van der Waals surface area contributed by atoms with Gasteiger partial charge >= 0.3 is 0 Å². The second-order valence-corrected chi connectivity index (χ2v) is 6.91. The molecule has 2 aromatic rings. The Hall–Kier alpha value is -2.70. The Morgan fingerprint density at radius 1 is 1.27 bits per heavy atom. The number of halogens is 2. The molecule has 0 atom stereocenters. The van der Waals surface area contributed by atoms with Gasteiger partial charge in [-0.15, -0.1) is 0 Å². The summed E-state index contributed by atoms with van der Waals surface area (Å²) in [7, 11) is 0. The summed E-state index contributed by atoms with van der Waals surface area (Å²) in [6.07, 6.45) is 3.82. The van der Waals surface area contributed by atoms with Gasteiger partial charge in [-0.05, 0) is 43.2 Å². The van der Waals surface area contributed by atoms with E-state index in [4.69, 9.17) is 15.9 Å². The Kier molecular flexibility index (Phi) is 4.01. The molecule has 2 fully saturated rings. The first-order valence-corrected chi connectivity index (χ1v) is 8.69. The molecule has 5 nitrogen and oxygen atoms in total. The monoisotopic (exact) mass is 359 g/mol. The van der Waals surface area contributed by atoms with Crippen LogP contribution in [0.3, 0.4) is 0 Å². The Labute approximate surface area is 150 Å². The van der Waals surface area contributed by atoms with Gasteiger partial charge in [0.25, 0.3) is 5.92 Å². The third-order valence-corrected chi connectivity index (χ3v) is 4.69. The van der Waals surface area contributed by atoms with Gasteiger partial charge in [0, 0.05) is 24.8 Å². The average Bonchev–Trinajstić information content (AvgIpc) is 3.36. The van der Waals surface area contributed by atoms with Crippen molar-refractivity contribution >= 4 is 17.2 Å². The van der Waals surface area contributed by atoms with Crippen molar-refractivity contribution in [1.82, 2.24) is 4.98 Å². The second-order valence-electron chi connectivity index (χ2n) is 6.91. The number of ether oxygens (including phenoxy) is 1. The Morgan fingerprint density at radius 3 is 2.77 bits per heavy atom. The lowest BCUT2D eigenvalue weighted by molar-refractivity contribution is -0.111. The van der Waals surface area contributed by atoms with Crippen LogP contribution >= 0.6 is 0 Å². The normalized spacial score (nSPS) is 18.8. The number of pyridine rings is 1. The quantitative estimate of drug-likeness (QED) is 0.629. The summed E-state index contributed by atoms with van der Waals surface area (Å²) in [5, 5.41) is 6.34. The summed E-state index contributed by atoms with van der Waals surface area (Å²) in [5.74, 6) is -1.45. The predicted octanol–water partition coefficient (Wildman–Crippen LogP) is 1.65. The maximum atomic E-state index is 13.5. The molecule has 1 saturated heterocycles. The molecule has 0 spiro atoms. The summed E-state index contributed by atoms with van der Waals surface area (Å²) >= 11 is 0. The summed E-state index contributed by atoms with van der Waals surface area (Å²) in [6.45, 7) is -0.0492. The van der Waals surface area contributed by atoms with Crippen LogP contribution in [0.5, 0.6) is 5.75 Å². The first-order chi connectivity index (χ1) is 12.4. The van der Waals surface area contributed by atoms with Gasteiger partial charge in [0.15, 0.2) is 0 Å². The molecule has 0 radical (unpaired) electrons. The Balaban J connectivity index is 1.59. The summed E-state index contributed by atoms with van der Waals surface area (Å²) in [6, 6.07) is 8.90. The van der Waals surface area contributed by atoms with E-state index in [0.29, 0.717) is 28.3 Å². The van der Waals surface area contributed by atoms with Crippen molar-refractivity contribution in [2.24, 2.45) is 0 Å². The fraction of sp³-hybridized carbons (Fsp3) is 0.368. The van der Waals surface area contributed by atoms with Crippen LogP contribution in [0.2, 0.25) is 0 Å². The van der Waals surface area contributed by atoms with E-state index in [9.17, 15) is 8.78 Å². The highest BCUT2D eigenvalue weighted by atomic mass is 19.3. The van der Waals surface area contributed by atoms with Crippen LogP contribution in [0.15, 0.2) is 36.5 Å². The van der Waals surface area contributed by atoms with Gasteiger partial charge in [0.1, 0.15) is 11.6 Å². The van der Waals surface area contributed by atoms with E-state index < -0.39 is 5.92 Å². The molecule has 4 N–H and O–H groups in total. The van der Waals surface area contributed by atoms with E-state index in [-0.39, 0.29) is 25.6 Å². The number of nitrogens with two attached hydrogens (primary N) is 2. The molecular weight excluding hydrogens is 338 g/mol. The van der Waals surface area contributed by atoms with Crippen LogP contribution in [0.4, 0.5) is 20.3 Å². The fourth-order valence-electron chi connectivity index (χ4n) is 3.07. The number of aromatic nitrogens is 1. The maximum Gasteiger partial charge on any atom is 0.266 e. The number of hydrogen-bond donors (Lipinski definition) is 2. The predicted molar refractivity (Wildman–Crippen MR) is 95.7 cm³/mol. The zero-order valence-electron chi connectivity index (χ0n) is 14.3. The molecule has 1 aromatic heterocycles. The molecule has 136 valence electrons. The average molecular weight is 359 g/mol. The SMILES string of the molecule is Nc1ccc(OC2CC2)cc1C(=[NH2+])c1ccnc(N2CCC(F)(F)C2)c1. The molecule has 2 heterocycles. The summed E-state index contributed by atoms with van der Waals surface area (Å²) in [5.41, 5.74) is 8.47. The summed E-state index contributed by atoms with van der Waals surface area (Å²) in [4.78, 5) is 5.79. The topological polar surface area (TPSA) is 77.0 Å². The molecule has 1 aromatic carbocycles. The van der Waals surface area contributed by atoms with E-state index >= 15 is 0 Å². The molecule has 4 rings (SSSR count). The number of alkyl halides is 2. The molecule has 1 aliphatic carbocycles. The van der Waals surface area contributed by atoms with Crippen LogP contribution in [-0.2, 0) is 0 Å². The highest BCUT2D eigenvalue weighted by Gasteiger charge is 2.38. The lowest BCUT2D eigenvalue weighted by atomic mass is 10.0. The molecule has 0 unspecified atom stereocenters. The van der Waals surface area contributed by atoms with Crippen LogP contribution in [0.1, 0.15) is 30.4 Å². The first-order valence-electron chi connectivity index (χ1n) is 8.69. The van der Waals surface area contributed by atoms with Gasteiger partial charge < -0.3 is 15.4 Å². The van der Waals surface area contributed by atoms with Crippen molar-refractivity contribution in [1.29, 1.82) is 0 Å². The number of nitrogens with zero attached hydrogens (tertiary/aromatic N) is 2. The second kappa shape index (κ2) is 6.23. The molecule has 2 aliphatic rings. The van der Waals surface area contributed by atoms with Gasteiger partial charge in [0.05, 0.1) is 23.8 Å². The fourth-order valence-corrected chi connectivity index (χ4v) is 3.07. The third-order valence-electron chi connectivity index (χ3n) is 4.69. The third kappa shape index (κ3) is 3.47. The molecule has 1 saturated carbocycles. The molecule has 7 heteroatoms. The number of nitrogen functional groups attached to an aromatic ring is 1. The molecular formula is C19H21F2N4O+. The van der Waals surface area contributed by atoms with Crippen molar-refractivity contribution in [2.45, 2.75) is 31.3 Å². The zero-order chi connectivity index (χ0) is 18.3. The van der Waals surface area contributed by atoms with Gasteiger partial charge in [-0.2, -0.15) is 0 Å². The smallest absolute Gasteiger partial charge is 0.266 e. The zero-order valence-corrected chi connectivity index (χ0v) is 14.3. The minimum absolute atomic E-state index is 0.161. The van der Waals surface area contributed by atoms with Crippen LogP contribution in [0.25, 0.3) is 0 Å². The number of rotatable bonds is 5. The number of hydrogen-bond acceptors (Lipinski definition) is 4. The standard InChI is InChI=1S/C19H20F2N4O/c20-19(21)6-8-25(11-19)17-9-12(5-7-24-17)18(23)15-10-14(3-4-16(15)22)26-13-1-2-13/h3-5,7,9-10,13,23H,1-2,6,8,11,22H2/p+1. The molecule has 26 heavy (non-hydrogen) atoms. The number of benzene rings is 1. The lowest BCUT2D eigenvalue weighted by Gasteiger charge is -2.17. The van der Waals surface area contributed by atoms with E-state index in [0.717, 1.165) is 18.6 Å². The number of anilines is 2. The molecule has 0 amide bonds. The van der Waals surface area contributed by atoms with Gasteiger partial charge in [-0.3, -0.25) is 5.41 Å². The Bertz CT molecular complexity index is 851. The van der Waals surface area contributed by atoms with E-state index in [1.807, 2.05) is 12.1 Å². The van der Waals surface area contributed by atoms with Crippen molar-refractivity contribution in [2.75, 3.05) is 23.7 Å². The van der Waals surface area contributed by atoms with E-state index in [1.165, 1.54) is 0 Å². The molecule has 0 bridgehead atoms. The van der Waals surface area contributed by atoms with Gasteiger partial charge in [0.2, 0.25) is 5.71 Å². The van der Waals surface area contributed by atoms with E-state index in [2.05, 4.69) is 4.98 Å².